The molecule has 7 heteroatoms. The molecule has 0 bridgehead atoms. The van der Waals surface area contributed by atoms with Crippen LogP contribution >= 0.6 is 23.1 Å². The van der Waals surface area contributed by atoms with Crippen LogP contribution in [0, 0.1) is 0 Å². The third kappa shape index (κ3) is 3.08. The summed E-state index contributed by atoms with van der Waals surface area (Å²) in [5.41, 5.74) is 1.17. The second-order valence-electron chi connectivity index (χ2n) is 4.57. The number of thiazole rings is 1. The normalized spacial score (nSPS) is 15.3. The third-order valence-corrected chi connectivity index (χ3v) is 4.97. The van der Waals surface area contributed by atoms with Crippen molar-refractivity contribution in [2.24, 2.45) is 12.0 Å². The second-order valence-corrected chi connectivity index (χ2v) is 6.58. The molecule has 5 nitrogen and oxygen atoms in total. The Labute approximate surface area is 129 Å². The number of carbonyl (C=O) groups excluding carboxylic acids is 2. The Morgan fingerprint density at radius 3 is 3.05 bits per heavy atom. The van der Waals surface area contributed by atoms with Crippen molar-refractivity contribution < 1.29 is 9.59 Å². The number of hydrogen-bond acceptors (Lipinski definition) is 4. The van der Waals surface area contributed by atoms with Gasteiger partial charge in [-0.15, -0.1) is 23.1 Å². The number of benzene rings is 1. The maximum atomic E-state index is 12.2. The number of nitrogens with one attached hydrogen (secondary N) is 1. The fourth-order valence-electron chi connectivity index (χ4n) is 1.94. The number of anilines is 1. The fourth-order valence-corrected chi connectivity index (χ4v) is 3.60. The van der Waals surface area contributed by atoms with E-state index in [4.69, 9.17) is 0 Å². The summed E-state index contributed by atoms with van der Waals surface area (Å²) >= 11 is 3.02. The molecule has 1 aromatic carbocycles. The highest BCUT2D eigenvalue weighted by Crippen LogP contribution is 2.31. The number of amides is 2. The maximum absolute atomic E-state index is 12.2. The predicted molar refractivity (Wildman–Crippen MR) is 83.6 cm³/mol. The zero-order valence-electron chi connectivity index (χ0n) is 11.3. The van der Waals surface area contributed by atoms with E-state index in [-0.39, 0.29) is 11.8 Å². The van der Waals surface area contributed by atoms with Crippen molar-refractivity contribution in [3.8, 4) is 0 Å². The minimum atomic E-state index is -0.306. The van der Waals surface area contributed by atoms with Gasteiger partial charge in [-0.2, -0.15) is 4.99 Å². The number of thioether (sulfide) groups is 1. The summed E-state index contributed by atoms with van der Waals surface area (Å²) in [6, 6.07) is 5.32. The summed E-state index contributed by atoms with van der Waals surface area (Å²) in [7, 11) is 1.84. The van der Waals surface area contributed by atoms with Crippen LogP contribution in [0.4, 0.5) is 5.69 Å². The Bertz CT molecular complexity index is 777. The molecule has 3 rings (SSSR count). The van der Waals surface area contributed by atoms with E-state index in [1.807, 2.05) is 24.7 Å². The van der Waals surface area contributed by atoms with E-state index in [0.717, 1.165) is 10.6 Å². The topological polar surface area (TPSA) is 63.5 Å². The standard InChI is InChI=1S/C14H13N3O2S2/c1-17-5-7-21-14(17)16-13(19)9-2-3-11-10(8-9)15-12(18)4-6-20-11/h2-3,5,7-8H,4,6H2,1H3,(H,15,18). The van der Waals surface area contributed by atoms with Gasteiger partial charge in [-0.25, -0.2) is 0 Å². The van der Waals surface area contributed by atoms with Crippen LogP contribution in [0.15, 0.2) is 39.7 Å². The molecule has 2 aromatic rings. The van der Waals surface area contributed by atoms with E-state index in [1.54, 1.807) is 28.5 Å². The van der Waals surface area contributed by atoms with Crippen LogP contribution in [-0.4, -0.2) is 22.1 Å². The molecule has 1 N–H and O–H groups in total. The van der Waals surface area contributed by atoms with Gasteiger partial charge in [-0.1, -0.05) is 0 Å². The number of aryl methyl sites for hydroxylation is 1. The first kappa shape index (κ1) is 14.1. The van der Waals surface area contributed by atoms with E-state index in [1.165, 1.54) is 11.3 Å². The quantitative estimate of drug-likeness (QED) is 0.877. The van der Waals surface area contributed by atoms with Gasteiger partial charge in [0.15, 0.2) is 4.80 Å². The molecule has 0 saturated carbocycles. The summed E-state index contributed by atoms with van der Waals surface area (Å²) in [5.74, 6) is 0.424. The molecule has 1 aliphatic heterocycles. The van der Waals surface area contributed by atoms with Crippen LogP contribution < -0.4 is 10.1 Å². The van der Waals surface area contributed by atoms with Crippen LogP contribution in [0.5, 0.6) is 0 Å². The Kier molecular flexibility index (Phi) is 3.94. The molecule has 2 amide bonds. The van der Waals surface area contributed by atoms with Crippen molar-refractivity contribution >= 4 is 40.6 Å². The molecule has 0 spiro atoms. The van der Waals surface area contributed by atoms with E-state index >= 15 is 0 Å². The zero-order chi connectivity index (χ0) is 14.8. The van der Waals surface area contributed by atoms with Crippen LogP contribution in [0.25, 0.3) is 0 Å². The molecule has 0 atom stereocenters. The van der Waals surface area contributed by atoms with E-state index in [0.29, 0.717) is 22.5 Å². The third-order valence-electron chi connectivity index (χ3n) is 3.04. The number of aromatic nitrogens is 1. The van der Waals surface area contributed by atoms with Crippen molar-refractivity contribution in [3.05, 3.63) is 40.1 Å². The zero-order valence-corrected chi connectivity index (χ0v) is 13.0. The number of nitrogens with zero attached hydrogens (tertiary/aromatic N) is 2. The molecule has 0 radical (unpaired) electrons. The minimum Gasteiger partial charge on any atom is -0.327 e. The molecule has 0 unspecified atom stereocenters. The average molecular weight is 319 g/mol. The van der Waals surface area contributed by atoms with Crippen LogP contribution in [-0.2, 0) is 11.8 Å². The lowest BCUT2D eigenvalue weighted by Gasteiger charge is -2.06. The lowest BCUT2D eigenvalue weighted by atomic mass is 10.2. The number of rotatable bonds is 1. The van der Waals surface area contributed by atoms with Crippen LogP contribution in [0.1, 0.15) is 16.8 Å². The van der Waals surface area contributed by atoms with Gasteiger partial charge in [0.2, 0.25) is 5.91 Å². The van der Waals surface area contributed by atoms with E-state index in [2.05, 4.69) is 10.3 Å². The van der Waals surface area contributed by atoms with E-state index < -0.39 is 0 Å². The number of fused-ring (bicyclic) bond motifs is 1. The lowest BCUT2D eigenvalue weighted by Crippen LogP contribution is -2.13. The van der Waals surface area contributed by atoms with Gasteiger partial charge in [0.1, 0.15) is 0 Å². The van der Waals surface area contributed by atoms with Crippen LogP contribution in [0.3, 0.4) is 0 Å². The molecule has 0 aliphatic carbocycles. The van der Waals surface area contributed by atoms with Crippen molar-refractivity contribution in [2.45, 2.75) is 11.3 Å². The Morgan fingerprint density at radius 1 is 1.43 bits per heavy atom. The smallest absolute Gasteiger partial charge is 0.279 e. The summed E-state index contributed by atoms with van der Waals surface area (Å²) in [4.78, 5) is 29.6. The highest BCUT2D eigenvalue weighted by molar-refractivity contribution is 7.99. The SMILES string of the molecule is Cn1ccsc1=NC(=O)c1ccc2c(c1)NC(=O)CCS2. The maximum Gasteiger partial charge on any atom is 0.279 e. The van der Waals surface area contributed by atoms with Crippen molar-refractivity contribution in [2.75, 3.05) is 11.1 Å². The van der Waals surface area contributed by atoms with Crippen molar-refractivity contribution in [3.63, 3.8) is 0 Å². The Morgan fingerprint density at radius 2 is 2.29 bits per heavy atom. The van der Waals surface area contributed by atoms with Gasteiger partial charge < -0.3 is 9.88 Å². The number of hydrogen-bond donors (Lipinski definition) is 1. The molecule has 1 aromatic heterocycles. The lowest BCUT2D eigenvalue weighted by molar-refractivity contribution is -0.115. The van der Waals surface area contributed by atoms with Gasteiger partial charge in [-0.05, 0) is 18.2 Å². The second kappa shape index (κ2) is 5.87. The fraction of sp³-hybridized carbons (Fsp3) is 0.214. The van der Waals surface area contributed by atoms with Gasteiger partial charge in [-0.3, -0.25) is 9.59 Å². The molecule has 1 aliphatic rings. The van der Waals surface area contributed by atoms with Gasteiger partial charge in [0, 0.05) is 41.3 Å². The Balaban J connectivity index is 1.95. The molecular formula is C14H13N3O2S2. The molecule has 108 valence electrons. The first-order valence-electron chi connectivity index (χ1n) is 6.39. The highest BCUT2D eigenvalue weighted by atomic mass is 32.2. The molecule has 0 fully saturated rings. The monoisotopic (exact) mass is 319 g/mol. The first-order valence-corrected chi connectivity index (χ1v) is 8.26. The summed E-state index contributed by atoms with van der Waals surface area (Å²) in [6.07, 6.45) is 2.34. The average Bonchev–Trinajstić information content (AvgIpc) is 2.76. The highest BCUT2D eigenvalue weighted by Gasteiger charge is 2.15. The van der Waals surface area contributed by atoms with Gasteiger partial charge in [0.25, 0.3) is 5.91 Å². The van der Waals surface area contributed by atoms with Crippen LogP contribution in [0.2, 0.25) is 0 Å². The predicted octanol–water partition coefficient (Wildman–Crippen LogP) is 2.26. The largest absolute Gasteiger partial charge is 0.327 e. The van der Waals surface area contributed by atoms with Crippen molar-refractivity contribution in [1.82, 2.24) is 4.57 Å². The molecule has 21 heavy (non-hydrogen) atoms. The molecule has 0 saturated heterocycles. The summed E-state index contributed by atoms with van der Waals surface area (Å²) in [6.45, 7) is 0. The molecular weight excluding hydrogens is 306 g/mol. The van der Waals surface area contributed by atoms with E-state index in [9.17, 15) is 9.59 Å². The van der Waals surface area contributed by atoms with Gasteiger partial charge in [0.05, 0.1) is 5.69 Å². The summed E-state index contributed by atoms with van der Waals surface area (Å²) < 4.78 is 1.80. The van der Waals surface area contributed by atoms with Crippen molar-refractivity contribution in [1.29, 1.82) is 0 Å². The molecule has 2 heterocycles. The number of carbonyl (C=O) groups is 2. The minimum absolute atomic E-state index is 0.0209. The Hall–Kier alpha value is -1.86. The van der Waals surface area contributed by atoms with Gasteiger partial charge >= 0.3 is 0 Å². The first-order chi connectivity index (χ1) is 10.1. The summed E-state index contributed by atoms with van der Waals surface area (Å²) in [5, 5.41) is 4.71.